The van der Waals surface area contributed by atoms with Crippen molar-refractivity contribution in [1.82, 2.24) is 10.2 Å². The van der Waals surface area contributed by atoms with Crippen LogP contribution in [0.4, 0.5) is 13.2 Å². The number of nitrogens with one attached hydrogen (secondary N) is 1. The molecule has 0 spiro atoms. The van der Waals surface area contributed by atoms with E-state index in [0.717, 1.165) is 13.1 Å². The minimum atomic E-state index is -4.23. The van der Waals surface area contributed by atoms with Crippen molar-refractivity contribution in [3.63, 3.8) is 0 Å². The summed E-state index contributed by atoms with van der Waals surface area (Å²) in [7, 11) is 0. The molecule has 0 aromatic carbocycles. The van der Waals surface area contributed by atoms with Gasteiger partial charge in [0.15, 0.2) is 0 Å². The second-order valence-corrected chi connectivity index (χ2v) is 4.59. The summed E-state index contributed by atoms with van der Waals surface area (Å²) in [5.41, 5.74) is 0. The summed E-state index contributed by atoms with van der Waals surface area (Å²) in [6, 6.07) is 0. The lowest BCUT2D eigenvalue weighted by atomic mass is 10.0. The van der Waals surface area contributed by atoms with Gasteiger partial charge < -0.3 is 10.2 Å². The highest BCUT2D eigenvalue weighted by Crippen LogP contribution is 2.28. The zero-order valence-corrected chi connectivity index (χ0v) is 10.1. The summed E-state index contributed by atoms with van der Waals surface area (Å²) < 4.78 is 35.9. The van der Waals surface area contributed by atoms with Crippen molar-refractivity contribution in [3.05, 3.63) is 0 Å². The summed E-state index contributed by atoms with van der Waals surface area (Å²) in [6.45, 7) is 3.00. The summed E-state index contributed by atoms with van der Waals surface area (Å²) in [6.07, 6.45) is -5.64. The van der Waals surface area contributed by atoms with Gasteiger partial charge in [0, 0.05) is 32.6 Å². The number of hydrogen-bond donors (Lipinski definition) is 1. The van der Waals surface area contributed by atoms with E-state index in [4.69, 9.17) is 0 Å². The smallest absolute Gasteiger partial charge is 0.342 e. The third kappa shape index (κ3) is 3.74. The van der Waals surface area contributed by atoms with Crippen molar-refractivity contribution < 1.29 is 18.0 Å². The van der Waals surface area contributed by atoms with E-state index < -0.39 is 19.0 Å². The van der Waals surface area contributed by atoms with Crippen LogP contribution < -0.4 is 5.32 Å². The van der Waals surface area contributed by atoms with Gasteiger partial charge in [-0.25, -0.2) is 0 Å². The van der Waals surface area contributed by atoms with Gasteiger partial charge in [0.05, 0.1) is 6.42 Å². The highest BCUT2D eigenvalue weighted by Gasteiger charge is 2.38. The maximum Gasteiger partial charge on any atom is 0.389 e. The van der Waals surface area contributed by atoms with Crippen LogP contribution in [0.1, 0.15) is 12.8 Å². The first-order chi connectivity index (χ1) is 7.46. The molecule has 2 aliphatic heterocycles. The van der Waals surface area contributed by atoms with E-state index in [9.17, 15) is 18.0 Å². The Hall–Kier alpha value is -0.490. The number of likely N-dealkylation sites (tertiary alicyclic amines) is 1. The predicted octanol–water partition coefficient (Wildman–Crippen LogP) is 1.43. The average molecular weight is 273 g/mol. The number of carbonyl (C=O) groups is 1. The fourth-order valence-electron chi connectivity index (χ4n) is 2.47. The van der Waals surface area contributed by atoms with Gasteiger partial charge in [-0.15, -0.1) is 12.4 Å². The van der Waals surface area contributed by atoms with Crippen LogP contribution in [0.5, 0.6) is 0 Å². The molecule has 2 atom stereocenters. The first-order valence-corrected chi connectivity index (χ1v) is 5.51. The van der Waals surface area contributed by atoms with Crippen LogP contribution in [0.15, 0.2) is 0 Å². The van der Waals surface area contributed by atoms with Gasteiger partial charge in [-0.1, -0.05) is 0 Å². The molecule has 0 unspecified atom stereocenters. The van der Waals surface area contributed by atoms with Crippen LogP contribution in [-0.2, 0) is 4.79 Å². The van der Waals surface area contributed by atoms with Crippen molar-refractivity contribution >= 4 is 18.3 Å². The Labute approximate surface area is 104 Å². The Morgan fingerprint density at radius 2 is 1.76 bits per heavy atom. The Morgan fingerprint density at radius 3 is 2.24 bits per heavy atom. The van der Waals surface area contributed by atoms with Crippen molar-refractivity contribution in [2.24, 2.45) is 11.8 Å². The molecule has 0 radical (unpaired) electrons. The fourth-order valence-corrected chi connectivity index (χ4v) is 2.47. The summed E-state index contributed by atoms with van der Waals surface area (Å²) >= 11 is 0. The lowest BCUT2D eigenvalue weighted by molar-refractivity contribution is -0.148. The Kier molecular flexibility index (Phi) is 4.66. The number of amides is 1. The third-order valence-electron chi connectivity index (χ3n) is 3.36. The van der Waals surface area contributed by atoms with Gasteiger partial charge >= 0.3 is 6.18 Å². The zero-order chi connectivity index (χ0) is 11.8. The second kappa shape index (κ2) is 5.44. The van der Waals surface area contributed by atoms with E-state index in [1.54, 1.807) is 4.90 Å². The summed E-state index contributed by atoms with van der Waals surface area (Å²) in [4.78, 5) is 13.1. The first-order valence-electron chi connectivity index (χ1n) is 5.51. The number of alkyl halides is 3. The maximum atomic E-state index is 12.0. The molecule has 0 aromatic rings. The molecule has 7 heteroatoms. The summed E-state index contributed by atoms with van der Waals surface area (Å²) in [5, 5.41) is 3.22. The molecule has 2 fully saturated rings. The molecule has 2 saturated heterocycles. The lowest BCUT2D eigenvalue weighted by Crippen LogP contribution is -2.32. The van der Waals surface area contributed by atoms with Crippen molar-refractivity contribution in [2.45, 2.75) is 19.0 Å². The van der Waals surface area contributed by atoms with Crippen LogP contribution in [0, 0.1) is 11.8 Å². The molecule has 2 heterocycles. The SMILES string of the molecule is Cl.O=C(CCC(F)(F)F)N1C[C@H]2CNC[C@H]2C1. The molecule has 2 rings (SSSR count). The van der Waals surface area contributed by atoms with E-state index in [2.05, 4.69) is 5.32 Å². The molecule has 0 saturated carbocycles. The van der Waals surface area contributed by atoms with Gasteiger partial charge in [0.2, 0.25) is 5.91 Å². The van der Waals surface area contributed by atoms with Crippen LogP contribution in [-0.4, -0.2) is 43.2 Å². The second-order valence-electron chi connectivity index (χ2n) is 4.59. The van der Waals surface area contributed by atoms with Crippen LogP contribution in [0.3, 0.4) is 0 Å². The van der Waals surface area contributed by atoms with Crippen LogP contribution >= 0.6 is 12.4 Å². The molecule has 0 aliphatic carbocycles. The van der Waals surface area contributed by atoms with Crippen molar-refractivity contribution in [1.29, 1.82) is 0 Å². The average Bonchev–Trinajstić information content (AvgIpc) is 2.71. The molecule has 2 aliphatic rings. The number of halogens is 4. The number of hydrogen-bond acceptors (Lipinski definition) is 2. The number of nitrogens with zero attached hydrogens (tertiary/aromatic N) is 1. The molecule has 3 nitrogen and oxygen atoms in total. The van der Waals surface area contributed by atoms with Crippen LogP contribution in [0.2, 0.25) is 0 Å². The Morgan fingerprint density at radius 1 is 1.24 bits per heavy atom. The van der Waals surface area contributed by atoms with Gasteiger partial charge in [-0.05, 0) is 11.8 Å². The minimum absolute atomic E-state index is 0. The largest absolute Gasteiger partial charge is 0.389 e. The Balaban J connectivity index is 0.00000144. The fraction of sp³-hybridized carbons (Fsp3) is 0.900. The molecule has 0 bridgehead atoms. The molecule has 1 amide bonds. The maximum absolute atomic E-state index is 12.0. The molecule has 17 heavy (non-hydrogen) atoms. The topological polar surface area (TPSA) is 32.3 Å². The van der Waals surface area contributed by atoms with Gasteiger partial charge in [-0.2, -0.15) is 13.2 Å². The quantitative estimate of drug-likeness (QED) is 0.825. The van der Waals surface area contributed by atoms with E-state index in [-0.39, 0.29) is 18.3 Å². The standard InChI is InChI=1S/C10H15F3N2O.ClH/c11-10(12,13)2-1-9(16)15-5-7-3-14-4-8(7)6-15;/h7-8,14H,1-6H2;1H/t7-,8+;. The number of fused-ring (bicyclic) bond motifs is 1. The monoisotopic (exact) mass is 272 g/mol. The number of carbonyl (C=O) groups excluding carboxylic acids is 1. The molecule has 100 valence electrons. The highest BCUT2D eigenvalue weighted by atomic mass is 35.5. The predicted molar refractivity (Wildman–Crippen MR) is 59.0 cm³/mol. The van der Waals surface area contributed by atoms with E-state index in [0.29, 0.717) is 24.9 Å². The van der Waals surface area contributed by atoms with E-state index in [1.807, 2.05) is 0 Å². The first kappa shape index (κ1) is 14.6. The number of rotatable bonds is 2. The van der Waals surface area contributed by atoms with Crippen molar-refractivity contribution in [2.75, 3.05) is 26.2 Å². The van der Waals surface area contributed by atoms with Gasteiger partial charge in [0.1, 0.15) is 0 Å². The van der Waals surface area contributed by atoms with Crippen LogP contribution in [0.25, 0.3) is 0 Å². The lowest BCUT2D eigenvalue weighted by Gasteiger charge is -2.17. The van der Waals surface area contributed by atoms with Gasteiger partial charge in [-0.3, -0.25) is 4.79 Å². The summed E-state index contributed by atoms with van der Waals surface area (Å²) in [5.74, 6) is 0.524. The molecule has 0 aromatic heterocycles. The molecule has 1 N–H and O–H groups in total. The minimum Gasteiger partial charge on any atom is -0.342 e. The van der Waals surface area contributed by atoms with E-state index >= 15 is 0 Å². The molecular weight excluding hydrogens is 257 g/mol. The normalized spacial score (nSPS) is 27.8. The zero-order valence-electron chi connectivity index (χ0n) is 9.29. The third-order valence-corrected chi connectivity index (χ3v) is 3.36. The Bertz CT molecular complexity index is 273. The molecular formula is C10H16ClF3N2O. The van der Waals surface area contributed by atoms with Gasteiger partial charge in [0.25, 0.3) is 0 Å². The van der Waals surface area contributed by atoms with E-state index in [1.165, 1.54) is 0 Å². The van der Waals surface area contributed by atoms with Crippen molar-refractivity contribution in [3.8, 4) is 0 Å². The highest BCUT2D eigenvalue weighted by molar-refractivity contribution is 5.85.